The largest absolute Gasteiger partial charge is 0.354 e. The molecular formula is C22H26N2O2. The second-order valence-electron chi connectivity index (χ2n) is 7.25. The van der Waals surface area contributed by atoms with E-state index in [0.29, 0.717) is 19.5 Å². The van der Waals surface area contributed by atoms with Gasteiger partial charge in [0.15, 0.2) is 0 Å². The van der Waals surface area contributed by atoms with Crippen molar-refractivity contribution in [3.8, 4) is 0 Å². The summed E-state index contributed by atoms with van der Waals surface area (Å²) in [5.41, 5.74) is 2.12. The van der Waals surface area contributed by atoms with E-state index in [1.807, 2.05) is 79.4 Å². The number of carbonyl (C=O) groups is 2. The summed E-state index contributed by atoms with van der Waals surface area (Å²) in [6.07, 6.45) is 0.376. The lowest BCUT2D eigenvalue weighted by Gasteiger charge is -2.19. The number of nitrogens with zero attached hydrogens (tertiary/aromatic N) is 1. The van der Waals surface area contributed by atoms with Crippen LogP contribution in [0, 0.1) is 5.92 Å². The van der Waals surface area contributed by atoms with Crippen molar-refractivity contribution in [2.24, 2.45) is 5.92 Å². The molecule has 136 valence electrons. The molecule has 2 atom stereocenters. The first kappa shape index (κ1) is 18.2. The van der Waals surface area contributed by atoms with E-state index in [1.165, 1.54) is 0 Å². The minimum atomic E-state index is -0.209. The van der Waals surface area contributed by atoms with Crippen LogP contribution in [0.25, 0.3) is 0 Å². The van der Waals surface area contributed by atoms with E-state index in [1.54, 1.807) is 0 Å². The molecule has 0 saturated carbocycles. The molecule has 1 saturated heterocycles. The Kier molecular flexibility index (Phi) is 5.71. The number of benzene rings is 2. The zero-order valence-electron chi connectivity index (χ0n) is 15.4. The predicted molar refractivity (Wildman–Crippen MR) is 103 cm³/mol. The summed E-state index contributed by atoms with van der Waals surface area (Å²) in [6.45, 7) is 4.99. The molecule has 1 heterocycles. The van der Waals surface area contributed by atoms with Crippen LogP contribution < -0.4 is 5.32 Å². The highest BCUT2D eigenvalue weighted by Crippen LogP contribution is 2.33. The highest BCUT2D eigenvalue weighted by atomic mass is 16.2. The van der Waals surface area contributed by atoms with Crippen molar-refractivity contribution >= 4 is 11.8 Å². The van der Waals surface area contributed by atoms with E-state index in [-0.39, 0.29) is 29.7 Å². The third-order valence-electron chi connectivity index (χ3n) is 4.87. The summed E-state index contributed by atoms with van der Waals surface area (Å²) in [6, 6.07) is 19.9. The molecule has 1 fully saturated rings. The lowest BCUT2D eigenvalue weighted by molar-refractivity contribution is -0.130. The second kappa shape index (κ2) is 8.17. The van der Waals surface area contributed by atoms with Crippen molar-refractivity contribution in [1.29, 1.82) is 0 Å². The molecule has 0 aliphatic carbocycles. The number of hydrogen-bond acceptors (Lipinski definition) is 2. The molecule has 2 amide bonds. The van der Waals surface area contributed by atoms with E-state index in [2.05, 4.69) is 5.32 Å². The number of nitrogens with one attached hydrogen (secondary N) is 1. The molecule has 1 aliphatic rings. The number of hydrogen-bond donors (Lipinski definition) is 1. The number of rotatable bonds is 5. The summed E-state index contributed by atoms with van der Waals surface area (Å²) in [5.74, 6) is -0.0601. The lowest BCUT2D eigenvalue weighted by Crippen LogP contribution is -2.39. The molecule has 26 heavy (non-hydrogen) atoms. The summed E-state index contributed by atoms with van der Waals surface area (Å²) < 4.78 is 0. The van der Waals surface area contributed by atoms with E-state index in [0.717, 1.165) is 11.1 Å². The van der Waals surface area contributed by atoms with Gasteiger partial charge in [0.25, 0.3) is 0 Å². The highest BCUT2D eigenvalue weighted by Gasteiger charge is 2.40. The molecule has 4 heteroatoms. The van der Waals surface area contributed by atoms with Crippen molar-refractivity contribution in [2.75, 3.05) is 13.1 Å². The molecule has 2 unspecified atom stereocenters. The third kappa shape index (κ3) is 4.31. The summed E-state index contributed by atoms with van der Waals surface area (Å²) in [7, 11) is 0. The molecule has 4 nitrogen and oxygen atoms in total. The Morgan fingerprint density at radius 3 is 2.23 bits per heavy atom. The van der Waals surface area contributed by atoms with Crippen LogP contribution in [0.4, 0.5) is 0 Å². The Balaban J connectivity index is 1.77. The van der Waals surface area contributed by atoms with Gasteiger partial charge in [0, 0.05) is 25.0 Å². The average molecular weight is 350 g/mol. The van der Waals surface area contributed by atoms with Gasteiger partial charge in [-0.3, -0.25) is 9.59 Å². The van der Waals surface area contributed by atoms with E-state index >= 15 is 0 Å². The lowest BCUT2D eigenvalue weighted by atomic mass is 9.88. The van der Waals surface area contributed by atoms with Crippen LogP contribution in [0.1, 0.15) is 30.9 Å². The first-order valence-electron chi connectivity index (χ1n) is 9.21. The van der Waals surface area contributed by atoms with Crippen LogP contribution in [0.5, 0.6) is 0 Å². The zero-order valence-corrected chi connectivity index (χ0v) is 15.4. The van der Waals surface area contributed by atoms with Crippen molar-refractivity contribution in [3.63, 3.8) is 0 Å². The van der Waals surface area contributed by atoms with Crippen LogP contribution in [-0.4, -0.2) is 35.8 Å². The third-order valence-corrected chi connectivity index (χ3v) is 4.87. The van der Waals surface area contributed by atoms with Crippen LogP contribution in [-0.2, 0) is 16.0 Å². The molecule has 0 spiro atoms. The first-order valence-corrected chi connectivity index (χ1v) is 9.21. The topological polar surface area (TPSA) is 49.4 Å². The van der Waals surface area contributed by atoms with E-state index in [9.17, 15) is 9.59 Å². The van der Waals surface area contributed by atoms with E-state index < -0.39 is 0 Å². The molecule has 1 aliphatic heterocycles. The molecule has 3 rings (SSSR count). The van der Waals surface area contributed by atoms with Crippen LogP contribution >= 0.6 is 0 Å². The van der Waals surface area contributed by atoms with Crippen molar-refractivity contribution in [3.05, 3.63) is 71.8 Å². The van der Waals surface area contributed by atoms with Gasteiger partial charge in [-0.1, -0.05) is 60.7 Å². The number of amides is 2. The van der Waals surface area contributed by atoms with Gasteiger partial charge in [-0.2, -0.15) is 0 Å². The molecule has 0 aromatic heterocycles. The van der Waals surface area contributed by atoms with Gasteiger partial charge in [0.05, 0.1) is 12.3 Å². The molecule has 0 bridgehead atoms. The number of carbonyl (C=O) groups excluding carboxylic acids is 2. The Labute approximate surface area is 155 Å². The molecule has 0 radical (unpaired) electrons. The molecular weight excluding hydrogens is 324 g/mol. The molecule has 1 N–H and O–H groups in total. The number of likely N-dealkylation sites (tertiary alicyclic amines) is 1. The summed E-state index contributed by atoms with van der Waals surface area (Å²) >= 11 is 0. The van der Waals surface area contributed by atoms with E-state index in [4.69, 9.17) is 0 Å². The SMILES string of the molecule is CC(C)NC(=O)C1CN(C(=O)Cc2ccccc2)CC1c1ccccc1. The quantitative estimate of drug-likeness (QED) is 0.901. The van der Waals surface area contributed by atoms with Crippen LogP contribution in [0.3, 0.4) is 0 Å². The summed E-state index contributed by atoms with van der Waals surface area (Å²) in [5, 5.41) is 3.02. The predicted octanol–water partition coefficient (Wildman–Crippen LogP) is 3.00. The summed E-state index contributed by atoms with van der Waals surface area (Å²) in [4.78, 5) is 27.3. The van der Waals surface area contributed by atoms with Gasteiger partial charge >= 0.3 is 0 Å². The van der Waals surface area contributed by atoms with Crippen molar-refractivity contribution in [2.45, 2.75) is 32.2 Å². The van der Waals surface area contributed by atoms with Gasteiger partial charge in [-0.25, -0.2) is 0 Å². The second-order valence-corrected chi connectivity index (χ2v) is 7.25. The Bertz CT molecular complexity index is 743. The fourth-order valence-electron chi connectivity index (χ4n) is 3.58. The Hall–Kier alpha value is -2.62. The smallest absolute Gasteiger partial charge is 0.227 e. The Morgan fingerprint density at radius 1 is 1.00 bits per heavy atom. The minimum absolute atomic E-state index is 0.0314. The molecule has 2 aromatic rings. The maximum Gasteiger partial charge on any atom is 0.227 e. The first-order chi connectivity index (χ1) is 12.5. The van der Waals surface area contributed by atoms with Crippen molar-refractivity contribution in [1.82, 2.24) is 10.2 Å². The highest BCUT2D eigenvalue weighted by molar-refractivity contribution is 5.84. The minimum Gasteiger partial charge on any atom is -0.354 e. The maximum absolute atomic E-state index is 12.8. The van der Waals surface area contributed by atoms with Gasteiger partial charge < -0.3 is 10.2 Å². The van der Waals surface area contributed by atoms with Gasteiger partial charge in [-0.05, 0) is 25.0 Å². The standard InChI is InChI=1S/C22H26N2O2/c1-16(2)23-22(26)20-15-24(14-19(20)18-11-7-4-8-12-18)21(25)13-17-9-5-3-6-10-17/h3-12,16,19-20H,13-15H2,1-2H3,(H,23,26). The van der Waals surface area contributed by atoms with Crippen molar-refractivity contribution < 1.29 is 9.59 Å². The molecule has 2 aromatic carbocycles. The van der Waals surface area contributed by atoms with Gasteiger partial charge in [0.1, 0.15) is 0 Å². The fourth-order valence-corrected chi connectivity index (χ4v) is 3.58. The normalized spacial score (nSPS) is 19.6. The fraction of sp³-hybridized carbons (Fsp3) is 0.364. The maximum atomic E-state index is 12.8. The average Bonchev–Trinajstić information content (AvgIpc) is 3.08. The van der Waals surface area contributed by atoms with Crippen LogP contribution in [0.2, 0.25) is 0 Å². The van der Waals surface area contributed by atoms with Gasteiger partial charge in [0.2, 0.25) is 11.8 Å². The zero-order chi connectivity index (χ0) is 18.5. The Morgan fingerprint density at radius 2 is 1.62 bits per heavy atom. The van der Waals surface area contributed by atoms with Crippen LogP contribution in [0.15, 0.2) is 60.7 Å². The monoisotopic (exact) mass is 350 g/mol. The van der Waals surface area contributed by atoms with Gasteiger partial charge in [-0.15, -0.1) is 0 Å².